The Hall–Kier alpha value is -0.650. The maximum atomic E-state index is 9.67. The molecule has 1 atom stereocenters. The van der Waals surface area contributed by atoms with E-state index in [9.17, 15) is 5.11 Å². The molecule has 1 aromatic heterocycles. The van der Waals surface area contributed by atoms with E-state index in [-0.39, 0.29) is 6.10 Å². The van der Waals surface area contributed by atoms with Gasteiger partial charge in [-0.25, -0.2) is 9.97 Å². The van der Waals surface area contributed by atoms with Crippen molar-refractivity contribution in [2.45, 2.75) is 31.5 Å². The lowest BCUT2D eigenvalue weighted by Gasteiger charge is -2.10. The highest BCUT2D eigenvalue weighted by Crippen LogP contribution is 2.13. The van der Waals surface area contributed by atoms with Crippen LogP contribution in [0.5, 0.6) is 0 Å². The van der Waals surface area contributed by atoms with E-state index in [2.05, 4.69) is 22.2 Å². The first kappa shape index (κ1) is 13.4. The van der Waals surface area contributed by atoms with Gasteiger partial charge in [-0.15, -0.1) is 0 Å². The maximum absolute atomic E-state index is 9.67. The van der Waals surface area contributed by atoms with Crippen LogP contribution in [0, 0.1) is 6.92 Å². The average molecular weight is 241 g/mol. The second kappa shape index (κ2) is 7.60. The number of rotatable bonds is 7. The van der Waals surface area contributed by atoms with Crippen LogP contribution < -0.4 is 5.32 Å². The average Bonchev–Trinajstić information content (AvgIpc) is 2.27. The van der Waals surface area contributed by atoms with Crippen LogP contribution in [0.4, 0.5) is 0 Å². The number of thioether (sulfide) groups is 1. The minimum atomic E-state index is -0.347. The molecular formula is C11H19N3OS. The predicted octanol–water partition coefficient (Wildman–Crippen LogP) is 1.24. The molecule has 1 heterocycles. The van der Waals surface area contributed by atoms with Crippen molar-refractivity contribution in [3.05, 3.63) is 18.0 Å². The molecule has 0 aromatic carbocycles. The molecule has 0 aliphatic heterocycles. The Morgan fingerprint density at radius 1 is 1.56 bits per heavy atom. The number of hydrogen-bond acceptors (Lipinski definition) is 5. The van der Waals surface area contributed by atoms with Crippen LogP contribution in [0.15, 0.2) is 17.4 Å². The van der Waals surface area contributed by atoms with Gasteiger partial charge in [0.1, 0.15) is 0 Å². The molecular weight excluding hydrogens is 222 g/mol. The van der Waals surface area contributed by atoms with Crippen LogP contribution >= 0.6 is 11.8 Å². The summed E-state index contributed by atoms with van der Waals surface area (Å²) in [6, 6.07) is 1.86. The highest BCUT2D eigenvalue weighted by molar-refractivity contribution is 7.99. The fraction of sp³-hybridized carbons (Fsp3) is 0.636. The van der Waals surface area contributed by atoms with E-state index in [1.54, 1.807) is 6.20 Å². The molecule has 4 nitrogen and oxygen atoms in total. The number of nitrogens with zero attached hydrogens (tertiary/aromatic N) is 2. The van der Waals surface area contributed by atoms with Crippen molar-refractivity contribution in [2.75, 3.05) is 18.8 Å². The number of aliphatic hydroxyl groups is 1. The monoisotopic (exact) mass is 241 g/mol. The van der Waals surface area contributed by atoms with E-state index in [0.29, 0.717) is 12.3 Å². The number of aliphatic hydroxyl groups excluding tert-OH is 1. The van der Waals surface area contributed by atoms with Crippen molar-refractivity contribution in [3.8, 4) is 0 Å². The van der Waals surface area contributed by atoms with Crippen molar-refractivity contribution >= 4 is 11.8 Å². The second-order valence-corrected chi connectivity index (χ2v) is 4.64. The number of aryl methyl sites for hydroxylation is 1. The van der Waals surface area contributed by atoms with Crippen molar-refractivity contribution < 1.29 is 5.11 Å². The second-order valence-electron chi connectivity index (χ2n) is 3.65. The third kappa shape index (κ3) is 5.44. The Bertz CT molecular complexity index is 309. The molecule has 0 aliphatic carbocycles. The topological polar surface area (TPSA) is 58.0 Å². The molecule has 1 unspecified atom stereocenters. The summed E-state index contributed by atoms with van der Waals surface area (Å²) < 4.78 is 0. The smallest absolute Gasteiger partial charge is 0.187 e. The molecule has 2 N–H and O–H groups in total. The molecule has 0 saturated heterocycles. The first-order valence-electron chi connectivity index (χ1n) is 5.53. The molecule has 1 rings (SSSR count). The Morgan fingerprint density at radius 3 is 3.06 bits per heavy atom. The van der Waals surface area contributed by atoms with Crippen LogP contribution in [0.25, 0.3) is 0 Å². The Labute approximate surface area is 101 Å². The summed E-state index contributed by atoms with van der Waals surface area (Å²) in [5.41, 5.74) is 0.955. The molecule has 0 saturated carbocycles. The summed E-state index contributed by atoms with van der Waals surface area (Å²) in [7, 11) is 0. The van der Waals surface area contributed by atoms with Crippen LogP contribution in [0.3, 0.4) is 0 Å². The lowest BCUT2D eigenvalue weighted by atomic mass is 10.4. The van der Waals surface area contributed by atoms with Crippen LogP contribution in [0.1, 0.15) is 19.0 Å². The normalized spacial score (nSPS) is 12.7. The summed E-state index contributed by atoms with van der Waals surface area (Å²) >= 11 is 1.49. The van der Waals surface area contributed by atoms with E-state index in [1.807, 2.05) is 13.0 Å². The summed E-state index contributed by atoms with van der Waals surface area (Å²) in [6.07, 6.45) is 2.48. The summed E-state index contributed by atoms with van der Waals surface area (Å²) in [6.45, 7) is 5.62. The summed E-state index contributed by atoms with van der Waals surface area (Å²) in [5, 5.41) is 13.6. The molecule has 90 valence electrons. The van der Waals surface area contributed by atoms with Crippen molar-refractivity contribution in [3.63, 3.8) is 0 Å². The molecule has 0 bridgehead atoms. The van der Waals surface area contributed by atoms with Crippen molar-refractivity contribution in [1.29, 1.82) is 0 Å². The van der Waals surface area contributed by atoms with Gasteiger partial charge in [0.2, 0.25) is 0 Å². The fourth-order valence-electron chi connectivity index (χ4n) is 1.17. The van der Waals surface area contributed by atoms with Crippen LogP contribution in [0.2, 0.25) is 0 Å². The number of nitrogens with one attached hydrogen (secondary N) is 1. The van der Waals surface area contributed by atoms with E-state index in [4.69, 9.17) is 0 Å². The molecule has 16 heavy (non-hydrogen) atoms. The van der Waals surface area contributed by atoms with Gasteiger partial charge in [0.15, 0.2) is 5.16 Å². The fourth-order valence-corrected chi connectivity index (χ4v) is 1.97. The van der Waals surface area contributed by atoms with Crippen LogP contribution in [-0.4, -0.2) is 40.0 Å². The van der Waals surface area contributed by atoms with Crippen molar-refractivity contribution in [1.82, 2.24) is 15.3 Å². The molecule has 0 amide bonds. The molecule has 0 fully saturated rings. The van der Waals surface area contributed by atoms with Gasteiger partial charge in [0.25, 0.3) is 0 Å². The quantitative estimate of drug-likeness (QED) is 0.427. The third-order valence-electron chi connectivity index (χ3n) is 1.98. The van der Waals surface area contributed by atoms with Gasteiger partial charge in [-0.1, -0.05) is 18.7 Å². The van der Waals surface area contributed by atoms with E-state index < -0.39 is 0 Å². The Kier molecular flexibility index (Phi) is 6.37. The molecule has 0 aliphatic rings. The molecule has 0 spiro atoms. The molecule has 1 aromatic rings. The lowest BCUT2D eigenvalue weighted by molar-refractivity contribution is 0.196. The van der Waals surface area contributed by atoms with Gasteiger partial charge in [-0.2, -0.15) is 0 Å². The highest BCUT2D eigenvalue weighted by atomic mass is 32.2. The molecule has 0 radical (unpaired) electrons. The number of aromatic nitrogens is 2. The van der Waals surface area contributed by atoms with Gasteiger partial charge in [-0.3, -0.25) is 0 Å². The third-order valence-corrected chi connectivity index (χ3v) is 2.99. The molecule has 5 heteroatoms. The van der Waals surface area contributed by atoms with Gasteiger partial charge < -0.3 is 10.4 Å². The minimum Gasteiger partial charge on any atom is -0.391 e. The Balaban J connectivity index is 2.23. The predicted molar refractivity (Wildman–Crippen MR) is 66.7 cm³/mol. The summed E-state index contributed by atoms with van der Waals surface area (Å²) in [5.74, 6) is 0.625. The van der Waals surface area contributed by atoms with Gasteiger partial charge >= 0.3 is 0 Å². The van der Waals surface area contributed by atoms with E-state index in [0.717, 1.165) is 23.8 Å². The van der Waals surface area contributed by atoms with E-state index >= 15 is 0 Å². The van der Waals surface area contributed by atoms with Crippen LogP contribution in [-0.2, 0) is 0 Å². The lowest BCUT2D eigenvalue weighted by Crippen LogP contribution is -2.29. The highest BCUT2D eigenvalue weighted by Gasteiger charge is 2.05. The zero-order chi connectivity index (χ0) is 11.8. The van der Waals surface area contributed by atoms with Gasteiger partial charge in [0, 0.05) is 24.2 Å². The summed E-state index contributed by atoms with van der Waals surface area (Å²) in [4.78, 5) is 8.39. The van der Waals surface area contributed by atoms with Gasteiger partial charge in [-0.05, 0) is 26.0 Å². The first-order valence-corrected chi connectivity index (χ1v) is 6.52. The van der Waals surface area contributed by atoms with Crippen molar-refractivity contribution in [2.24, 2.45) is 0 Å². The van der Waals surface area contributed by atoms with Gasteiger partial charge in [0.05, 0.1) is 6.10 Å². The minimum absolute atomic E-state index is 0.347. The zero-order valence-corrected chi connectivity index (χ0v) is 10.6. The Morgan fingerprint density at radius 2 is 2.38 bits per heavy atom. The largest absolute Gasteiger partial charge is 0.391 e. The SMILES string of the molecule is CCCNCC(O)CSc1nccc(C)n1. The zero-order valence-electron chi connectivity index (χ0n) is 9.81. The standard InChI is InChI=1S/C11H19N3OS/c1-3-5-12-7-10(15)8-16-11-13-6-4-9(2)14-11/h4,6,10,12,15H,3,5,7-8H2,1-2H3. The first-order chi connectivity index (χ1) is 7.72. The number of hydrogen-bond donors (Lipinski definition) is 2. The maximum Gasteiger partial charge on any atom is 0.187 e. The van der Waals surface area contributed by atoms with E-state index in [1.165, 1.54) is 11.8 Å².